The summed E-state index contributed by atoms with van der Waals surface area (Å²) in [5.41, 5.74) is -0.0110. The number of nitrogens with one attached hydrogen (secondary N) is 1. The number of rotatable bonds is 6. The first-order chi connectivity index (χ1) is 11.9. The molecule has 0 aliphatic carbocycles. The standard InChI is InChI=1S/C18H21NO6.ClH/c1-9(2)19-7-11(20)8-24-18-16-12(6-10(3)25-16)15(22)14-13(21)4-5-23-17(14)18;/h4-6,9,11,19-20,22H,7-8H2,1-3H3;1H. The summed E-state index contributed by atoms with van der Waals surface area (Å²) in [6.07, 6.45) is 0.475. The monoisotopic (exact) mass is 383 g/mol. The lowest BCUT2D eigenvalue weighted by Gasteiger charge is -2.16. The smallest absolute Gasteiger partial charge is 0.206 e. The maximum Gasteiger partial charge on any atom is 0.206 e. The van der Waals surface area contributed by atoms with Gasteiger partial charge >= 0.3 is 0 Å². The van der Waals surface area contributed by atoms with Crippen molar-refractivity contribution in [1.82, 2.24) is 5.32 Å². The van der Waals surface area contributed by atoms with Gasteiger partial charge in [-0.25, -0.2) is 0 Å². The first-order valence-electron chi connectivity index (χ1n) is 8.09. The average molecular weight is 384 g/mol. The minimum Gasteiger partial charge on any atom is -0.506 e. The Morgan fingerprint density at radius 3 is 2.73 bits per heavy atom. The molecule has 0 radical (unpaired) electrons. The molecule has 3 rings (SSSR count). The zero-order valence-corrected chi connectivity index (χ0v) is 15.6. The molecule has 1 atom stereocenters. The quantitative estimate of drug-likeness (QED) is 0.601. The molecule has 0 aliphatic heterocycles. The van der Waals surface area contributed by atoms with E-state index in [0.29, 0.717) is 17.7 Å². The third kappa shape index (κ3) is 3.80. The topological polar surface area (TPSA) is 105 Å². The molecule has 1 aromatic carbocycles. The predicted octanol–water partition coefficient (Wildman–Crippen LogP) is 2.71. The van der Waals surface area contributed by atoms with Gasteiger partial charge in [0, 0.05) is 18.7 Å². The van der Waals surface area contributed by atoms with Crippen LogP contribution in [0.25, 0.3) is 21.9 Å². The van der Waals surface area contributed by atoms with Crippen LogP contribution in [0.5, 0.6) is 11.5 Å². The van der Waals surface area contributed by atoms with Crippen LogP contribution in [-0.2, 0) is 0 Å². The van der Waals surface area contributed by atoms with E-state index in [-0.39, 0.29) is 58.5 Å². The second kappa shape index (κ2) is 7.99. The van der Waals surface area contributed by atoms with E-state index in [1.165, 1.54) is 12.3 Å². The Morgan fingerprint density at radius 2 is 2.04 bits per heavy atom. The van der Waals surface area contributed by atoms with Gasteiger partial charge in [-0.15, -0.1) is 12.4 Å². The number of benzene rings is 1. The summed E-state index contributed by atoms with van der Waals surface area (Å²) in [7, 11) is 0. The summed E-state index contributed by atoms with van der Waals surface area (Å²) >= 11 is 0. The average Bonchev–Trinajstić information content (AvgIpc) is 2.94. The highest BCUT2D eigenvalue weighted by Gasteiger charge is 2.22. The van der Waals surface area contributed by atoms with Crippen molar-refractivity contribution in [2.75, 3.05) is 13.2 Å². The summed E-state index contributed by atoms with van der Waals surface area (Å²) in [4.78, 5) is 12.2. The molecule has 0 amide bonds. The highest BCUT2D eigenvalue weighted by Crippen LogP contribution is 2.42. The van der Waals surface area contributed by atoms with Gasteiger partial charge in [-0.1, -0.05) is 13.8 Å². The number of aromatic hydroxyl groups is 1. The number of furan rings is 1. The van der Waals surface area contributed by atoms with Crippen LogP contribution in [0.15, 0.2) is 32.0 Å². The zero-order chi connectivity index (χ0) is 18.1. The van der Waals surface area contributed by atoms with Gasteiger partial charge in [-0.05, 0) is 13.0 Å². The molecule has 26 heavy (non-hydrogen) atoms. The lowest BCUT2D eigenvalue weighted by atomic mass is 10.1. The van der Waals surface area contributed by atoms with Crippen molar-refractivity contribution in [1.29, 1.82) is 0 Å². The summed E-state index contributed by atoms with van der Waals surface area (Å²) in [5.74, 6) is 0.544. The molecule has 0 bridgehead atoms. The van der Waals surface area contributed by atoms with E-state index in [2.05, 4.69) is 5.32 Å². The number of hydrogen-bond donors (Lipinski definition) is 3. The second-order valence-electron chi connectivity index (χ2n) is 6.29. The molecule has 0 spiro atoms. The Kier molecular flexibility index (Phi) is 6.17. The molecule has 1 unspecified atom stereocenters. The summed E-state index contributed by atoms with van der Waals surface area (Å²) in [5, 5.41) is 24.0. The Balaban J connectivity index is 0.00000243. The van der Waals surface area contributed by atoms with Crippen molar-refractivity contribution in [3.8, 4) is 11.5 Å². The van der Waals surface area contributed by atoms with E-state index in [4.69, 9.17) is 13.6 Å². The molecule has 0 saturated heterocycles. The fourth-order valence-electron chi connectivity index (χ4n) is 2.65. The fourth-order valence-corrected chi connectivity index (χ4v) is 2.65. The molecule has 3 aromatic rings. The molecular weight excluding hydrogens is 362 g/mol. The fraction of sp³-hybridized carbons (Fsp3) is 0.389. The van der Waals surface area contributed by atoms with Crippen LogP contribution in [-0.4, -0.2) is 35.5 Å². The Morgan fingerprint density at radius 1 is 1.31 bits per heavy atom. The highest BCUT2D eigenvalue weighted by molar-refractivity contribution is 6.06. The lowest BCUT2D eigenvalue weighted by molar-refractivity contribution is 0.105. The number of phenols is 1. The van der Waals surface area contributed by atoms with Gasteiger partial charge in [0.1, 0.15) is 29.6 Å². The van der Waals surface area contributed by atoms with Gasteiger partial charge in [0.05, 0.1) is 11.6 Å². The van der Waals surface area contributed by atoms with Crippen molar-refractivity contribution in [2.45, 2.75) is 32.9 Å². The number of hydrogen-bond acceptors (Lipinski definition) is 7. The Bertz CT molecular complexity index is 962. The molecule has 142 valence electrons. The largest absolute Gasteiger partial charge is 0.506 e. The molecular formula is C18H22ClNO6. The van der Waals surface area contributed by atoms with Crippen molar-refractivity contribution in [2.24, 2.45) is 0 Å². The summed E-state index contributed by atoms with van der Waals surface area (Å²) in [6, 6.07) is 3.09. The molecule has 2 aromatic heterocycles. The number of aryl methyl sites for hydroxylation is 1. The van der Waals surface area contributed by atoms with E-state index in [1.54, 1.807) is 13.0 Å². The maximum atomic E-state index is 12.2. The zero-order valence-electron chi connectivity index (χ0n) is 14.7. The Labute approximate surface area is 156 Å². The SMILES string of the molecule is Cc1cc2c(O)c3c(=O)ccoc3c(OCC(O)CNC(C)C)c2o1.Cl. The molecule has 2 heterocycles. The van der Waals surface area contributed by atoms with Crippen LogP contribution in [0.2, 0.25) is 0 Å². The molecule has 3 N–H and O–H groups in total. The van der Waals surface area contributed by atoms with Gasteiger partial charge in [0.2, 0.25) is 5.75 Å². The number of phenolic OH excluding ortho intramolecular Hbond substituents is 1. The van der Waals surface area contributed by atoms with Gasteiger partial charge < -0.3 is 29.1 Å². The van der Waals surface area contributed by atoms with E-state index >= 15 is 0 Å². The van der Waals surface area contributed by atoms with Crippen molar-refractivity contribution < 1.29 is 23.8 Å². The summed E-state index contributed by atoms with van der Waals surface area (Å²) in [6.45, 7) is 6.02. The van der Waals surface area contributed by atoms with Crippen molar-refractivity contribution >= 4 is 34.3 Å². The number of ether oxygens (including phenoxy) is 1. The predicted molar refractivity (Wildman–Crippen MR) is 101 cm³/mol. The number of aliphatic hydroxyl groups is 1. The van der Waals surface area contributed by atoms with Gasteiger partial charge in [0.15, 0.2) is 16.6 Å². The van der Waals surface area contributed by atoms with E-state index in [1.807, 2.05) is 13.8 Å². The second-order valence-corrected chi connectivity index (χ2v) is 6.29. The number of halogens is 1. The van der Waals surface area contributed by atoms with Crippen LogP contribution < -0.4 is 15.5 Å². The van der Waals surface area contributed by atoms with Crippen molar-refractivity contribution in [3.63, 3.8) is 0 Å². The van der Waals surface area contributed by atoms with Gasteiger partial charge in [-0.3, -0.25) is 4.79 Å². The molecule has 0 saturated carbocycles. The summed E-state index contributed by atoms with van der Waals surface area (Å²) < 4.78 is 16.7. The highest BCUT2D eigenvalue weighted by atomic mass is 35.5. The Hall–Kier alpha value is -2.22. The molecule has 0 fully saturated rings. The first-order valence-corrected chi connectivity index (χ1v) is 8.09. The number of fused-ring (bicyclic) bond motifs is 2. The van der Waals surface area contributed by atoms with Crippen LogP contribution in [0, 0.1) is 6.92 Å². The van der Waals surface area contributed by atoms with Crippen LogP contribution in [0.1, 0.15) is 19.6 Å². The molecule has 7 nitrogen and oxygen atoms in total. The van der Waals surface area contributed by atoms with Crippen LogP contribution in [0.4, 0.5) is 0 Å². The van der Waals surface area contributed by atoms with Gasteiger partial charge in [0.25, 0.3) is 0 Å². The van der Waals surface area contributed by atoms with E-state index < -0.39 is 6.10 Å². The third-order valence-corrected chi connectivity index (χ3v) is 3.82. The third-order valence-electron chi connectivity index (χ3n) is 3.82. The minimum atomic E-state index is -0.757. The van der Waals surface area contributed by atoms with Gasteiger partial charge in [-0.2, -0.15) is 0 Å². The lowest BCUT2D eigenvalue weighted by Crippen LogP contribution is -2.35. The minimum absolute atomic E-state index is 0. The van der Waals surface area contributed by atoms with Crippen LogP contribution in [0.3, 0.4) is 0 Å². The van der Waals surface area contributed by atoms with E-state index in [0.717, 1.165) is 0 Å². The molecule has 8 heteroatoms. The van der Waals surface area contributed by atoms with Crippen LogP contribution >= 0.6 is 12.4 Å². The molecule has 0 aliphatic rings. The maximum absolute atomic E-state index is 12.2. The van der Waals surface area contributed by atoms with Crippen molar-refractivity contribution in [3.05, 3.63) is 34.4 Å². The normalized spacial score (nSPS) is 12.5. The van der Waals surface area contributed by atoms with E-state index in [9.17, 15) is 15.0 Å². The number of aliphatic hydroxyl groups excluding tert-OH is 1. The first kappa shape index (κ1) is 20.1.